The van der Waals surface area contributed by atoms with E-state index in [-0.39, 0.29) is 17.1 Å². The zero-order chi connectivity index (χ0) is 13.0. The molecule has 0 saturated heterocycles. The topological polar surface area (TPSA) is 26.3 Å². The quantitative estimate of drug-likeness (QED) is 0.416. The molecule has 0 N–H and O–H groups in total. The molecule has 2 nitrogen and oxygen atoms in total. The summed E-state index contributed by atoms with van der Waals surface area (Å²) < 4.78 is 6.22. The van der Waals surface area contributed by atoms with E-state index in [9.17, 15) is 4.79 Å². The van der Waals surface area contributed by atoms with E-state index in [4.69, 9.17) is 4.43 Å². The Bertz CT molecular complexity index is 251. The molecule has 0 radical (unpaired) electrons. The fourth-order valence-corrected chi connectivity index (χ4v) is 2.43. The summed E-state index contributed by atoms with van der Waals surface area (Å²) in [6.07, 6.45) is 4.83. The second-order valence-electron chi connectivity index (χ2n) is 5.86. The van der Waals surface area contributed by atoms with Gasteiger partial charge in [-0.05, 0) is 25.1 Å². The maximum atomic E-state index is 10.9. The molecule has 0 amide bonds. The Hall–Kier alpha value is -0.413. The molecule has 0 fully saturated rings. The average Bonchev–Trinajstić information content (AvgIpc) is 2.14. The summed E-state index contributed by atoms with van der Waals surface area (Å²) in [5.41, 5.74) is 0. The molecular formula is C13H26O2Si. The van der Waals surface area contributed by atoms with E-state index in [1.807, 2.05) is 26.0 Å². The van der Waals surface area contributed by atoms with Gasteiger partial charge in [-0.2, -0.15) is 0 Å². The molecule has 0 aromatic rings. The van der Waals surface area contributed by atoms with E-state index in [0.717, 1.165) is 6.29 Å². The Balaban J connectivity index is 4.82. The molecule has 0 spiro atoms. The maximum Gasteiger partial charge on any atom is 0.192 e. The molecule has 2 atom stereocenters. The third-order valence-electron chi connectivity index (χ3n) is 3.35. The molecule has 0 heterocycles. The highest BCUT2D eigenvalue weighted by Crippen LogP contribution is 2.38. The van der Waals surface area contributed by atoms with Gasteiger partial charge in [0.15, 0.2) is 8.32 Å². The van der Waals surface area contributed by atoms with Gasteiger partial charge in [-0.1, -0.05) is 39.8 Å². The van der Waals surface area contributed by atoms with Gasteiger partial charge in [0.2, 0.25) is 0 Å². The van der Waals surface area contributed by atoms with Crippen LogP contribution >= 0.6 is 0 Å². The molecule has 0 bridgehead atoms. The van der Waals surface area contributed by atoms with Gasteiger partial charge in [0, 0.05) is 5.92 Å². The predicted molar refractivity (Wildman–Crippen MR) is 72.1 cm³/mol. The van der Waals surface area contributed by atoms with E-state index in [1.54, 1.807) is 0 Å². The zero-order valence-electron chi connectivity index (χ0n) is 11.7. The van der Waals surface area contributed by atoms with Gasteiger partial charge in [0.05, 0.1) is 6.10 Å². The highest BCUT2D eigenvalue weighted by Gasteiger charge is 2.39. The van der Waals surface area contributed by atoms with E-state index in [2.05, 4.69) is 33.9 Å². The van der Waals surface area contributed by atoms with Crippen LogP contribution in [0, 0.1) is 5.92 Å². The third-order valence-corrected chi connectivity index (χ3v) is 7.83. The maximum absolute atomic E-state index is 10.9. The molecule has 0 aliphatic rings. The number of hydrogen-bond donors (Lipinski definition) is 0. The van der Waals surface area contributed by atoms with Crippen LogP contribution in [0.2, 0.25) is 18.1 Å². The van der Waals surface area contributed by atoms with Crippen LogP contribution in [0.1, 0.15) is 34.6 Å². The first-order valence-electron chi connectivity index (χ1n) is 5.91. The Morgan fingerprint density at radius 1 is 1.25 bits per heavy atom. The SMILES string of the molecule is C/C=C/[C@@H](O[Si](C)(C)C(C)(C)C)C(C)C=O. The van der Waals surface area contributed by atoms with E-state index in [1.165, 1.54) is 0 Å². The summed E-state index contributed by atoms with van der Waals surface area (Å²) in [6.45, 7) is 14.9. The second-order valence-corrected chi connectivity index (χ2v) is 10.6. The van der Waals surface area contributed by atoms with Gasteiger partial charge in [0.1, 0.15) is 6.29 Å². The van der Waals surface area contributed by atoms with Gasteiger partial charge in [-0.25, -0.2) is 0 Å². The van der Waals surface area contributed by atoms with Crippen molar-refractivity contribution in [2.45, 2.75) is 58.9 Å². The molecule has 1 unspecified atom stereocenters. The highest BCUT2D eigenvalue weighted by atomic mass is 28.4. The van der Waals surface area contributed by atoms with Crippen LogP contribution in [-0.4, -0.2) is 20.7 Å². The lowest BCUT2D eigenvalue weighted by molar-refractivity contribution is -0.112. The van der Waals surface area contributed by atoms with Gasteiger partial charge >= 0.3 is 0 Å². The van der Waals surface area contributed by atoms with E-state index >= 15 is 0 Å². The van der Waals surface area contributed by atoms with Crippen molar-refractivity contribution in [3.8, 4) is 0 Å². The molecule has 0 aromatic carbocycles. The number of allylic oxidation sites excluding steroid dienone is 1. The largest absolute Gasteiger partial charge is 0.410 e. The molecule has 0 aliphatic carbocycles. The second kappa shape index (κ2) is 5.78. The van der Waals surface area contributed by atoms with Crippen molar-refractivity contribution < 1.29 is 9.22 Å². The van der Waals surface area contributed by atoms with Gasteiger partial charge in [-0.3, -0.25) is 0 Å². The van der Waals surface area contributed by atoms with Gasteiger partial charge in [-0.15, -0.1) is 0 Å². The first kappa shape index (κ1) is 15.6. The van der Waals surface area contributed by atoms with Crippen molar-refractivity contribution in [3.63, 3.8) is 0 Å². The third kappa shape index (κ3) is 4.22. The van der Waals surface area contributed by atoms with Crippen LogP contribution in [0.5, 0.6) is 0 Å². The Kier molecular flexibility index (Phi) is 5.63. The number of carbonyl (C=O) groups is 1. The predicted octanol–water partition coefficient (Wildman–Crippen LogP) is 3.79. The molecule has 0 rings (SSSR count). The summed E-state index contributed by atoms with van der Waals surface area (Å²) in [4.78, 5) is 10.9. The highest BCUT2D eigenvalue weighted by molar-refractivity contribution is 6.74. The summed E-state index contributed by atoms with van der Waals surface area (Å²) in [6, 6.07) is 0. The van der Waals surface area contributed by atoms with Gasteiger partial charge < -0.3 is 9.22 Å². The van der Waals surface area contributed by atoms with Crippen LogP contribution in [0.4, 0.5) is 0 Å². The van der Waals surface area contributed by atoms with Crippen molar-refractivity contribution >= 4 is 14.6 Å². The van der Waals surface area contributed by atoms with E-state index in [0.29, 0.717) is 0 Å². The van der Waals surface area contributed by atoms with Crippen LogP contribution < -0.4 is 0 Å². The van der Waals surface area contributed by atoms with Crippen LogP contribution in [0.25, 0.3) is 0 Å². The Morgan fingerprint density at radius 2 is 1.75 bits per heavy atom. The van der Waals surface area contributed by atoms with Crippen molar-refractivity contribution in [1.29, 1.82) is 0 Å². The first-order chi connectivity index (χ1) is 7.15. The number of rotatable bonds is 5. The smallest absolute Gasteiger partial charge is 0.192 e. The monoisotopic (exact) mass is 242 g/mol. The summed E-state index contributed by atoms with van der Waals surface area (Å²) >= 11 is 0. The molecule has 0 saturated carbocycles. The van der Waals surface area contributed by atoms with Crippen LogP contribution in [0.15, 0.2) is 12.2 Å². The normalized spacial score (nSPS) is 17.4. The van der Waals surface area contributed by atoms with Crippen molar-refractivity contribution in [1.82, 2.24) is 0 Å². The molecule has 16 heavy (non-hydrogen) atoms. The standard InChI is InChI=1S/C13H26O2Si/c1-8-9-12(11(2)10-14)15-16(6,7)13(3,4)5/h8-12H,1-7H3/b9-8+/t11?,12-/m1/s1. The molecule has 0 aliphatic heterocycles. The van der Waals surface area contributed by atoms with Crippen molar-refractivity contribution in [2.24, 2.45) is 5.92 Å². The lowest BCUT2D eigenvalue weighted by Crippen LogP contribution is -2.45. The Morgan fingerprint density at radius 3 is 2.06 bits per heavy atom. The lowest BCUT2D eigenvalue weighted by atomic mass is 10.1. The van der Waals surface area contributed by atoms with Gasteiger partial charge in [0.25, 0.3) is 0 Å². The minimum atomic E-state index is -1.79. The minimum absolute atomic E-state index is 0.0784. The zero-order valence-corrected chi connectivity index (χ0v) is 12.7. The van der Waals surface area contributed by atoms with Crippen molar-refractivity contribution in [2.75, 3.05) is 0 Å². The molecule has 0 aromatic heterocycles. The summed E-state index contributed by atoms with van der Waals surface area (Å²) in [5.74, 6) is -0.0784. The van der Waals surface area contributed by atoms with E-state index < -0.39 is 8.32 Å². The molecule has 3 heteroatoms. The summed E-state index contributed by atoms with van der Waals surface area (Å²) in [5, 5.41) is 0.176. The molecule has 94 valence electrons. The fraction of sp³-hybridized carbons (Fsp3) is 0.769. The van der Waals surface area contributed by atoms with Crippen LogP contribution in [-0.2, 0) is 9.22 Å². The average molecular weight is 242 g/mol. The number of hydrogen-bond acceptors (Lipinski definition) is 2. The minimum Gasteiger partial charge on any atom is -0.410 e. The molecular weight excluding hydrogens is 216 g/mol. The lowest BCUT2D eigenvalue weighted by Gasteiger charge is -2.39. The number of aldehydes is 1. The first-order valence-corrected chi connectivity index (χ1v) is 8.82. The number of carbonyl (C=O) groups excluding carboxylic acids is 1. The Labute approximate surface area is 101 Å². The fourth-order valence-electron chi connectivity index (χ4n) is 1.11. The van der Waals surface area contributed by atoms with Crippen LogP contribution in [0.3, 0.4) is 0 Å². The van der Waals surface area contributed by atoms with Crippen molar-refractivity contribution in [3.05, 3.63) is 12.2 Å². The summed E-state index contributed by atoms with van der Waals surface area (Å²) in [7, 11) is -1.79.